The van der Waals surface area contributed by atoms with Crippen molar-refractivity contribution in [3.05, 3.63) is 0 Å². The van der Waals surface area contributed by atoms with E-state index >= 15 is 0 Å². The number of phosphoric ester groups is 2. The van der Waals surface area contributed by atoms with E-state index in [0.29, 0.717) is 25.7 Å². The van der Waals surface area contributed by atoms with Crippen LogP contribution in [0.1, 0.15) is 401 Å². The number of unbranched alkanes of at least 4 members (excludes halogenated alkanes) is 45. The van der Waals surface area contributed by atoms with Crippen LogP contribution in [0.5, 0.6) is 0 Å². The molecule has 0 saturated carbocycles. The number of phosphoric acid groups is 2. The van der Waals surface area contributed by atoms with Crippen LogP contribution in [0.25, 0.3) is 0 Å². The van der Waals surface area contributed by atoms with E-state index in [9.17, 15) is 43.2 Å². The fraction of sp³-hybridized carbons (Fsp3) is 0.948. The molecule has 19 heteroatoms. The van der Waals surface area contributed by atoms with Gasteiger partial charge >= 0.3 is 39.5 Å². The zero-order valence-electron chi connectivity index (χ0n) is 62.7. The Kier molecular flexibility index (Phi) is 67.4. The lowest BCUT2D eigenvalue weighted by molar-refractivity contribution is -0.161. The Morgan fingerprint density at radius 2 is 0.531 bits per heavy atom. The van der Waals surface area contributed by atoms with Crippen molar-refractivity contribution in [3.8, 4) is 0 Å². The molecule has 0 aromatic carbocycles. The van der Waals surface area contributed by atoms with Gasteiger partial charge in [-0.15, -0.1) is 0 Å². The Morgan fingerprint density at radius 1 is 0.302 bits per heavy atom. The third kappa shape index (κ3) is 69.2. The van der Waals surface area contributed by atoms with Crippen molar-refractivity contribution in [2.75, 3.05) is 39.6 Å². The molecule has 0 aliphatic carbocycles. The normalized spacial score (nSPS) is 14.3. The largest absolute Gasteiger partial charge is 0.472 e. The van der Waals surface area contributed by atoms with Crippen LogP contribution in [0, 0.1) is 11.8 Å². The minimum atomic E-state index is -4.96. The smallest absolute Gasteiger partial charge is 0.462 e. The summed E-state index contributed by atoms with van der Waals surface area (Å²) in [6.07, 6.45) is 57.1. The van der Waals surface area contributed by atoms with E-state index in [4.69, 9.17) is 37.0 Å². The first kappa shape index (κ1) is 94.1. The van der Waals surface area contributed by atoms with Gasteiger partial charge in [0.2, 0.25) is 0 Å². The van der Waals surface area contributed by atoms with Gasteiger partial charge in [0, 0.05) is 25.7 Å². The molecule has 0 saturated heterocycles. The van der Waals surface area contributed by atoms with Crippen LogP contribution in [0.2, 0.25) is 0 Å². The number of hydrogen-bond donors (Lipinski definition) is 3. The predicted molar refractivity (Wildman–Crippen MR) is 391 cm³/mol. The summed E-state index contributed by atoms with van der Waals surface area (Å²) in [7, 11) is -9.91. The summed E-state index contributed by atoms with van der Waals surface area (Å²) in [5.41, 5.74) is 0. The van der Waals surface area contributed by atoms with Gasteiger partial charge in [-0.2, -0.15) is 0 Å². The van der Waals surface area contributed by atoms with Crippen LogP contribution >= 0.6 is 15.6 Å². The molecule has 0 aliphatic heterocycles. The minimum absolute atomic E-state index is 0.105. The van der Waals surface area contributed by atoms with Crippen LogP contribution < -0.4 is 0 Å². The van der Waals surface area contributed by atoms with Crippen molar-refractivity contribution < 1.29 is 80.2 Å². The highest BCUT2D eigenvalue weighted by Gasteiger charge is 2.30. The Bertz CT molecular complexity index is 1860. The number of aliphatic hydroxyl groups excluding tert-OH is 1. The van der Waals surface area contributed by atoms with Crippen LogP contribution in [-0.2, 0) is 65.4 Å². The number of carbonyl (C=O) groups is 4. The number of hydrogen-bond acceptors (Lipinski definition) is 15. The lowest BCUT2D eigenvalue weighted by atomic mass is 9.99. The highest BCUT2D eigenvalue weighted by atomic mass is 31.2. The number of ether oxygens (including phenoxy) is 4. The molecule has 0 fully saturated rings. The summed E-state index contributed by atoms with van der Waals surface area (Å²) in [6.45, 7) is 9.57. The molecular weight excluding hydrogens is 1260 g/mol. The lowest BCUT2D eigenvalue weighted by Crippen LogP contribution is -2.30. The average Bonchev–Trinajstić information content (AvgIpc) is 1.47. The third-order valence-corrected chi connectivity index (χ3v) is 20.2. The van der Waals surface area contributed by atoms with E-state index in [-0.39, 0.29) is 25.7 Å². The maximum Gasteiger partial charge on any atom is 0.472 e. The quantitative estimate of drug-likeness (QED) is 0.0222. The van der Waals surface area contributed by atoms with Crippen LogP contribution in [0.4, 0.5) is 0 Å². The zero-order chi connectivity index (χ0) is 70.7. The highest BCUT2D eigenvalue weighted by molar-refractivity contribution is 7.47. The highest BCUT2D eigenvalue weighted by Crippen LogP contribution is 2.45. The summed E-state index contributed by atoms with van der Waals surface area (Å²) in [4.78, 5) is 72.7. The summed E-state index contributed by atoms with van der Waals surface area (Å²) in [5.74, 6) is -0.560. The summed E-state index contributed by atoms with van der Waals surface area (Å²) in [5, 5.41) is 10.6. The Labute approximate surface area is 588 Å². The molecule has 0 radical (unpaired) electrons. The molecule has 0 heterocycles. The Balaban J connectivity index is 5.17. The molecule has 3 unspecified atom stereocenters. The number of aliphatic hydroxyl groups is 1. The van der Waals surface area contributed by atoms with Crippen LogP contribution in [0.3, 0.4) is 0 Å². The summed E-state index contributed by atoms with van der Waals surface area (Å²) >= 11 is 0. The molecule has 3 N–H and O–H groups in total. The van der Waals surface area contributed by atoms with Crippen LogP contribution in [0.15, 0.2) is 0 Å². The van der Waals surface area contributed by atoms with Gasteiger partial charge in [-0.3, -0.25) is 37.3 Å². The minimum Gasteiger partial charge on any atom is -0.462 e. The van der Waals surface area contributed by atoms with Gasteiger partial charge in [0.15, 0.2) is 12.2 Å². The second-order valence-corrected chi connectivity index (χ2v) is 31.4. The van der Waals surface area contributed by atoms with E-state index in [1.165, 1.54) is 205 Å². The molecule has 6 atom stereocenters. The van der Waals surface area contributed by atoms with E-state index in [2.05, 4.69) is 41.5 Å². The second kappa shape index (κ2) is 68.8. The van der Waals surface area contributed by atoms with Gasteiger partial charge in [0.25, 0.3) is 0 Å². The summed E-state index contributed by atoms with van der Waals surface area (Å²) in [6, 6.07) is 0. The van der Waals surface area contributed by atoms with Gasteiger partial charge in [-0.1, -0.05) is 350 Å². The molecule has 570 valence electrons. The average molecular weight is 1410 g/mol. The first-order valence-electron chi connectivity index (χ1n) is 40.0. The predicted octanol–water partition coefficient (Wildman–Crippen LogP) is 22.7. The molecule has 0 amide bonds. The molecule has 96 heavy (non-hydrogen) atoms. The molecule has 0 aromatic heterocycles. The fourth-order valence-electron chi connectivity index (χ4n) is 11.8. The van der Waals surface area contributed by atoms with E-state index < -0.39 is 97.5 Å². The molecular formula is C77H150O17P2. The van der Waals surface area contributed by atoms with Crippen molar-refractivity contribution in [1.29, 1.82) is 0 Å². The molecule has 0 aliphatic rings. The lowest BCUT2D eigenvalue weighted by Gasteiger charge is -2.21. The van der Waals surface area contributed by atoms with Gasteiger partial charge in [0.1, 0.15) is 19.3 Å². The molecule has 0 bridgehead atoms. The van der Waals surface area contributed by atoms with Gasteiger partial charge in [-0.05, 0) is 37.5 Å². The third-order valence-electron chi connectivity index (χ3n) is 18.3. The maximum absolute atomic E-state index is 13.1. The first-order valence-corrected chi connectivity index (χ1v) is 43.0. The zero-order valence-corrected chi connectivity index (χ0v) is 64.5. The molecule has 0 aromatic rings. The van der Waals surface area contributed by atoms with Crippen molar-refractivity contribution in [2.45, 2.75) is 419 Å². The van der Waals surface area contributed by atoms with Crippen molar-refractivity contribution in [3.63, 3.8) is 0 Å². The van der Waals surface area contributed by atoms with Crippen molar-refractivity contribution in [2.24, 2.45) is 11.8 Å². The van der Waals surface area contributed by atoms with Gasteiger partial charge < -0.3 is 33.8 Å². The van der Waals surface area contributed by atoms with Gasteiger partial charge in [0.05, 0.1) is 26.4 Å². The van der Waals surface area contributed by atoms with E-state index in [1.807, 2.05) is 0 Å². The van der Waals surface area contributed by atoms with Crippen molar-refractivity contribution >= 4 is 39.5 Å². The SMILES string of the molecule is CCCCCCCCCCCCCCCCCCCCCCCC(=O)O[C@H](COC(=O)CCCCCCCCCCCCCCCC(C)C)COP(=O)(O)OC[C@@H](O)COP(=O)(O)OC[C@@H](COC(=O)CCCCCCCCC)OC(=O)CCCCCCCCCCC(C)CC. The molecule has 0 rings (SSSR count). The maximum atomic E-state index is 13.1. The van der Waals surface area contributed by atoms with E-state index in [0.717, 1.165) is 115 Å². The standard InChI is InChI=1S/C77H150O17P2/c1-7-10-12-14-16-17-18-19-20-21-22-23-24-25-26-29-33-36-43-49-55-61-76(81)93-73(66-88-75(80)60-54-48-42-35-32-30-27-28-31-34-40-45-51-57-69(4)5)68-92-96(85,86)90-64-71(78)63-89-95(83,84)91-67-72(65-87-74(79)59-53-47-39-15-13-11-8-2)94-77(82)62-56-50-44-38-37-41-46-52-58-70(6)9-3/h69-73,78H,7-68H2,1-6H3,(H,83,84)(H,85,86)/t70?,71-,72+,73+/m0/s1. The summed E-state index contributed by atoms with van der Waals surface area (Å²) < 4.78 is 68.4. The van der Waals surface area contributed by atoms with Crippen LogP contribution in [-0.4, -0.2) is 96.7 Å². The number of rotatable bonds is 76. The van der Waals surface area contributed by atoms with E-state index in [1.54, 1.807) is 0 Å². The molecule has 17 nitrogen and oxygen atoms in total. The Morgan fingerprint density at radius 3 is 0.792 bits per heavy atom. The number of esters is 4. The molecule has 0 spiro atoms. The second-order valence-electron chi connectivity index (χ2n) is 28.5. The monoisotopic (exact) mass is 1410 g/mol. The topological polar surface area (TPSA) is 237 Å². The van der Waals surface area contributed by atoms with Crippen molar-refractivity contribution in [1.82, 2.24) is 0 Å². The van der Waals surface area contributed by atoms with Gasteiger partial charge in [-0.25, -0.2) is 9.13 Å². The number of carbonyl (C=O) groups excluding carboxylic acids is 4. The first-order chi connectivity index (χ1) is 46.4. The Hall–Kier alpha value is -1.94. The fourth-order valence-corrected chi connectivity index (χ4v) is 13.4.